The Balaban J connectivity index is 1.64. The highest BCUT2D eigenvalue weighted by Gasteiger charge is 2.43. The Bertz CT molecular complexity index is 1020. The van der Waals surface area contributed by atoms with Gasteiger partial charge in [-0.1, -0.05) is 6.08 Å². The largest absolute Gasteiger partial charge is 0.489 e. The van der Waals surface area contributed by atoms with Gasteiger partial charge in [-0.05, 0) is 30.6 Å². The van der Waals surface area contributed by atoms with Crippen LogP contribution in [0.25, 0.3) is 0 Å². The monoisotopic (exact) mass is 470 g/mol. The fourth-order valence-corrected chi connectivity index (χ4v) is 4.71. The number of carbonyl (C=O) groups excluding carboxylic acids is 2. The predicted molar refractivity (Wildman–Crippen MR) is 125 cm³/mol. The minimum atomic E-state index is -1.06. The molecule has 0 saturated heterocycles. The summed E-state index contributed by atoms with van der Waals surface area (Å²) >= 11 is 0. The van der Waals surface area contributed by atoms with E-state index in [1.54, 1.807) is 31.7 Å². The summed E-state index contributed by atoms with van der Waals surface area (Å²) in [5.41, 5.74) is 3.03. The van der Waals surface area contributed by atoms with Crippen molar-refractivity contribution in [3.05, 3.63) is 59.2 Å². The van der Waals surface area contributed by atoms with Gasteiger partial charge in [-0.2, -0.15) is 0 Å². The van der Waals surface area contributed by atoms with Gasteiger partial charge in [-0.15, -0.1) is 0 Å². The normalized spacial score (nSPS) is 26.0. The Labute approximate surface area is 198 Å². The van der Waals surface area contributed by atoms with Crippen molar-refractivity contribution in [2.45, 2.75) is 44.4 Å². The van der Waals surface area contributed by atoms with E-state index in [-0.39, 0.29) is 23.7 Å². The third-order valence-electron chi connectivity index (χ3n) is 6.24. The van der Waals surface area contributed by atoms with E-state index < -0.39 is 12.2 Å². The standard InChI is InChI=1S/C25H31FN4O4/c1-15(31)28-13-16-10-20-23(21(32)11-16)25(29-18-5-3-4-17(26)12-18)24(30-20)19-6-7-27-14-22(19)34-9-8-33-2/h3,5-7,12,14,16-17,24-25,29-30H,4,8-11,13H2,1-2H3,(H,28,31). The summed E-state index contributed by atoms with van der Waals surface area (Å²) in [4.78, 5) is 28.9. The van der Waals surface area contributed by atoms with E-state index in [0.29, 0.717) is 56.0 Å². The number of alkyl halides is 1. The first-order chi connectivity index (χ1) is 16.5. The molecule has 8 nitrogen and oxygen atoms in total. The second-order valence-electron chi connectivity index (χ2n) is 8.80. The molecule has 9 heteroatoms. The highest BCUT2D eigenvalue weighted by molar-refractivity contribution is 5.99. The topological polar surface area (TPSA) is 102 Å². The molecule has 0 bridgehead atoms. The van der Waals surface area contributed by atoms with E-state index in [1.165, 1.54) is 6.92 Å². The average Bonchev–Trinajstić information content (AvgIpc) is 3.16. The summed E-state index contributed by atoms with van der Waals surface area (Å²) < 4.78 is 25.1. The van der Waals surface area contributed by atoms with Gasteiger partial charge in [-0.3, -0.25) is 14.6 Å². The Morgan fingerprint density at radius 2 is 2.18 bits per heavy atom. The number of amides is 1. The van der Waals surface area contributed by atoms with E-state index >= 15 is 0 Å². The van der Waals surface area contributed by atoms with E-state index in [0.717, 1.165) is 11.3 Å². The van der Waals surface area contributed by atoms with Crippen molar-refractivity contribution in [2.75, 3.05) is 26.9 Å². The summed E-state index contributed by atoms with van der Waals surface area (Å²) in [6.45, 7) is 2.71. The minimum absolute atomic E-state index is 0.0147. The van der Waals surface area contributed by atoms with Gasteiger partial charge in [-0.25, -0.2) is 4.39 Å². The van der Waals surface area contributed by atoms with E-state index in [4.69, 9.17) is 9.47 Å². The van der Waals surface area contributed by atoms with Crippen LogP contribution >= 0.6 is 0 Å². The average molecular weight is 471 g/mol. The first-order valence-electron chi connectivity index (χ1n) is 11.6. The molecule has 0 radical (unpaired) electrons. The molecule has 4 unspecified atom stereocenters. The van der Waals surface area contributed by atoms with Crippen molar-refractivity contribution < 1.29 is 23.5 Å². The van der Waals surface area contributed by atoms with Gasteiger partial charge in [0.2, 0.25) is 5.91 Å². The Kier molecular flexibility index (Phi) is 7.62. The predicted octanol–water partition coefficient (Wildman–Crippen LogP) is 2.26. The van der Waals surface area contributed by atoms with Gasteiger partial charge in [0.25, 0.3) is 0 Å². The van der Waals surface area contributed by atoms with Crippen LogP contribution in [0.2, 0.25) is 0 Å². The number of ether oxygens (including phenoxy) is 2. The molecule has 1 amide bonds. The number of methoxy groups -OCH3 is 1. The second-order valence-corrected chi connectivity index (χ2v) is 8.80. The number of allylic oxidation sites excluding steroid dienone is 4. The summed E-state index contributed by atoms with van der Waals surface area (Å²) in [5, 5.41) is 9.77. The van der Waals surface area contributed by atoms with Crippen molar-refractivity contribution >= 4 is 11.7 Å². The maximum Gasteiger partial charge on any atom is 0.216 e. The summed E-state index contributed by atoms with van der Waals surface area (Å²) in [6.07, 6.45) is 8.79. The lowest BCUT2D eigenvalue weighted by molar-refractivity contribution is -0.120. The van der Waals surface area contributed by atoms with Gasteiger partial charge in [0.15, 0.2) is 5.78 Å². The summed E-state index contributed by atoms with van der Waals surface area (Å²) in [5.74, 6) is 0.524. The maximum atomic E-state index is 14.0. The fraction of sp³-hybridized carbons (Fsp3) is 0.480. The van der Waals surface area contributed by atoms with Crippen molar-refractivity contribution in [3.8, 4) is 5.75 Å². The van der Waals surface area contributed by atoms with Crippen LogP contribution in [0.5, 0.6) is 5.75 Å². The molecule has 2 heterocycles. The molecule has 3 N–H and O–H groups in total. The van der Waals surface area contributed by atoms with Crippen molar-refractivity contribution in [2.24, 2.45) is 5.92 Å². The lowest BCUT2D eigenvalue weighted by atomic mass is 9.83. The van der Waals surface area contributed by atoms with Crippen LogP contribution in [0.3, 0.4) is 0 Å². The lowest BCUT2D eigenvalue weighted by Crippen LogP contribution is -2.39. The fourth-order valence-electron chi connectivity index (χ4n) is 4.71. The minimum Gasteiger partial charge on any atom is -0.489 e. The number of nitrogens with one attached hydrogen (secondary N) is 3. The molecule has 4 atom stereocenters. The number of aromatic nitrogens is 1. The van der Waals surface area contributed by atoms with Crippen LogP contribution in [0, 0.1) is 5.92 Å². The molecule has 0 aromatic carbocycles. The number of rotatable bonds is 9. The first-order valence-corrected chi connectivity index (χ1v) is 11.6. The van der Waals surface area contributed by atoms with E-state index in [2.05, 4.69) is 20.9 Å². The van der Waals surface area contributed by atoms with Crippen LogP contribution in [0.15, 0.2) is 53.7 Å². The zero-order valence-electron chi connectivity index (χ0n) is 19.5. The quantitative estimate of drug-likeness (QED) is 0.476. The molecule has 182 valence electrons. The van der Waals surface area contributed by atoms with Gasteiger partial charge < -0.3 is 25.4 Å². The third kappa shape index (κ3) is 5.47. The summed E-state index contributed by atoms with van der Waals surface area (Å²) in [6, 6.07) is 1.15. The molecule has 4 rings (SSSR count). The highest BCUT2D eigenvalue weighted by atomic mass is 19.1. The highest BCUT2D eigenvalue weighted by Crippen LogP contribution is 2.41. The van der Waals surface area contributed by atoms with Crippen molar-refractivity contribution in [1.82, 2.24) is 20.9 Å². The SMILES string of the molecule is COCCOc1cnccc1C1NC2=C(C(=O)CC(CNC(C)=O)C2)C1NC1=CC(F)CC=C1. The molecule has 1 aliphatic heterocycles. The molecular formula is C25H31FN4O4. The number of nitrogens with zero attached hydrogens (tertiary/aromatic N) is 1. The molecule has 0 spiro atoms. The first kappa shape index (κ1) is 23.9. The zero-order valence-corrected chi connectivity index (χ0v) is 19.5. The van der Waals surface area contributed by atoms with Crippen LogP contribution in [0.4, 0.5) is 4.39 Å². The number of hydrogen-bond acceptors (Lipinski definition) is 7. The maximum absolute atomic E-state index is 14.0. The van der Waals surface area contributed by atoms with E-state index in [1.807, 2.05) is 12.1 Å². The van der Waals surface area contributed by atoms with Crippen LogP contribution in [-0.2, 0) is 14.3 Å². The molecule has 2 aliphatic carbocycles. The second kappa shape index (κ2) is 10.8. The lowest BCUT2D eigenvalue weighted by Gasteiger charge is -2.28. The summed E-state index contributed by atoms with van der Waals surface area (Å²) in [7, 11) is 1.61. The Morgan fingerprint density at radius 3 is 2.94 bits per heavy atom. The number of pyridine rings is 1. The van der Waals surface area contributed by atoms with E-state index in [9.17, 15) is 14.0 Å². The van der Waals surface area contributed by atoms with Gasteiger partial charge in [0.1, 0.15) is 18.5 Å². The number of hydrogen-bond donors (Lipinski definition) is 3. The number of ketones is 1. The van der Waals surface area contributed by atoms with Crippen molar-refractivity contribution in [1.29, 1.82) is 0 Å². The molecule has 0 saturated carbocycles. The molecule has 1 aromatic heterocycles. The molecule has 1 aromatic rings. The van der Waals surface area contributed by atoms with Gasteiger partial charge >= 0.3 is 0 Å². The smallest absolute Gasteiger partial charge is 0.216 e. The zero-order chi connectivity index (χ0) is 24.1. The van der Waals surface area contributed by atoms with Crippen LogP contribution in [0.1, 0.15) is 37.8 Å². The molecular weight excluding hydrogens is 439 g/mol. The van der Waals surface area contributed by atoms with Gasteiger partial charge in [0, 0.05) is 62.1 Å². The van der Waals surface area contributed by atoms with Gasteiger partial charge in [0.05, 0.1) is 24.9 Å². The van der Waals surface area contributed by atoms with Crippen molar-refractivity contribution in [3.63, 3.8) is 0 Å². The third-order valence-corrected chi connectivity index (χ3v) is 6.24. The van der Waals surface area contributed by atoms with Crippen LogP contribution in [-0.4, -0.2) is 55.8 Å². The molecule has 3 aliphatic rings. The van der Waals surface area contributed by atoms with Crippen LogP contribution < -0.4 is 20.7 Å². The number of carbonyl (C=O) groups is 2. The Morgan fingerprint density at radius 1 is 1.32 bits per heavy atom. The number of halogens is 1. The number of Topliss-reactive ketones (excluding diaryl/α,β-unsaturated/α-hetero) is 1. The molecule has 34 heavy (non-hydrogen) atoms. The molecule has 0 fully saturated rings. The Hall–Kier alpha value is -3.20.